The highest BCUT2D eigenvalue weighted by molar-refractivity contribution is 7.90. The smallest absolute Gasteiger partial charge is 0.366 e. The molecular formula is C16H16F3N3O2S. The SMILES string of the molecule is CS(=O)(=O)c1cc(CNc2ncnc3c2CCC3)cc(C(F)(F)F)c1. The molecule has 0 saturated carbocycles. The van der Waals surface area contributed by atoms with Crippen LogP contribution >= 0.6 is 0 Å². The molecule has 3 rings (SSSR count). The number of nitrogens with zero attached hydrogens (tertiary/aromatic N) is 2. The number of halogens is 3. The summed E-state index contributed by atoms with van der Waals surface area (Å²) in [5, 5.41) is 3.01. The summed E-state index contributed by atoms with van der Waals surface area (Å²) >= 11 is 0. The van der Waals surface area contributed by atoms with E-state index in [0.717, 1.165) is 42.8 Å². The van der Waals surface area contributed by atoms with Gasteiger partial charge in [0.1, 0.15) is 12.1 Å². The molecule has 1 N–H and O–H groups in total. The Balaban J connectivity index is 1.91. The number of fused-ring (bicyclic) bond motifs is 1. The maximum atomic E-state index is 13.0. The zero-order valence-corrected chi connectivity index (χ0v) is 14.2. The second kappa shape index (κ2) is 6.29. The van der Waals surface area contributed by atoms with E-state index in [-0.39, 0.29) is 17.0 Å². The first-order valence-corrected chi connectivity index (χ1v) is 9.51. The number of hydrogen-bond donors (Lipinski definition) is 1. The highest BCUT2D eigenvalue weighted by Gasteiger charge is 2.32. The van der Waals surface area contributed by atoms with E-state index in [4.69, 9.17) is 0 Å². The van der Waals surface area contributed by atoms with Crippen LogP contribution in [-0.2, 0) is 35.4 Å². The average Bonchev–Trinajstić information content (AvgIpc) is 3.00. The Labute approximate surface area is 143 Å². The summed E-state index contributed by atoms with van der Waals surface area (Å²) in [6, 6.07) is 2.85. The molecule has 0 fully saturated rings. The van der Waals surface area contributed by atoms with Crippen molar-refractivity contribution in [3.8, 4) is 0 Å². The van der Waals surface area contributed by atoms with Crippen LogP contribution in [0.15, 0.2) is 29.4 Å². The van der Waals surface area contributed by atoms with Gasteiger partial charge in [-0.15, -0.1) is 0 Å². The standard InChI is InChI=1S/C16H16F3N3O2S/c1-25(23,24)12-6-10(5-11(7-12)16(17,18)19)8-20-15-13-3-2-4-14(13)21-9-22-15/h5-7,9H,2-4,8H2,1H3,(H,20,21,22). The molecule has 0 radical (unpaired) electrons. The third-order valence-corrected chi connectivity index (χ3v) is 5.15. The lowest BCUT2D eigenvalue weighted by atomic mass is 10.1. The molecule has 0 atom stereocenters. The molecule has 9 heteroatoms. The van der Waals surface area contributed by atoms with Crippen molar-refractivity contribution >= 4 is 15.7 Å². The number of rotatable bonds is 4. The summed E-state index contributed by atoms with van der Waals surface area (Å²) in [5.41, 5.74) is 1.15. The maximum Gasteiger partial charge on any atom is 0.416 e. The number of alkyl halides is 3. The van der Waals surface area contributed by atoms with Crippen LogP contribution < -0.4 is 5.32 Å². The minimum atomic E-state index is -4.62. The van der Waals surface area contributed by atoms with Crippen LogP contribution in [0, 0.1) is 0 Å². The molecule has 0 saturated heterocycles. The molecule has 5 nitrogen and oxygen atoms in total. The normalized spacial score (nSPS) is 14.4. The van der Waals surface area contributed by atoms with Crippen LogP contribution in [0.25, 0.3) is 0 Å². The maximum absolute atomic E-state index is 13.0. The molecule has 0 unspecified atom stereocenters. The first-order valence-electron chi connectivity index (χ1n) is 7.62. The molecule has 2 aromatic rings. The number of benzene rings is 1. The summed E-state index contributed by atoms with van der Waals surface area (Å²) in [6.07, 6.45) is 0.317. The van der Waals surface area contributed by atoms with Gasteiger partial charge in [0.05, 0.1) is 10.5 Å². The van der Waals surface area contributed by atoms with E-state index in [0.29, 0.717) is 11.9 Å². The third kappa shape index (κ3) is 3.92. The summed E-state index contributed by atoms with van der Waals surface area (Å²) in [7, 11) is -3.75. The van der Waals surface area contributed by atoms with Crippen LogP contribution in [0.2, 0.25) is 0 Å². The fourth-order valence-electron chi connectivity index (χ4n) is 2.84. The quantitative estimate of drug-likeness (QED) is 0.895. The van der Waals surface area contributed by atoms with Gasteiger partial charge in [0.25, 0.3) is 0 Å². The summed E-state index contributed by atoms with van der Waals surface area (Å²) < 4.78 is 62.5. The zero-order chi connectivity index (χ0) is 18.2. The Morgan fingerprint density at radius 3 is 2.60 bits per heavy atom. The highest BCUT2D eigenvalue weighted by Crippen LogP contribution is 2.32. The van der Waals surface area contributed by atoms with Gasteiger partial charge in [0, 0.05) is 24.1 Å². The van der Waals surface area contributed by atoms with Crippen molar-refractivity contribution in [2.75, 3.05) is 11.6 Å². The van der Waals surface area contributed by atoms with E-state index >= 15 is 0 Å². The third-order valence-electron chi connectivity index (χ3n) is 4.06. The van der Waals surface area contributed by atoms with E-state index in [9.17, 15) is 21.6 Å². The Hall–Kier alpha value is -2.16. The lowest BCUT2D eigenvalue weighted by Gasteiger charge is -2.13. The Morgan fingerprint density at radius 1 is 1.16 bits per heavy atom. The topological polar surface area (TPSA) is 72.0 Å². The largest absolute Gasteiger partial charge is 0.416 e. The molecule has 1 aliphatic rings. The molecule has 0 amide bonds. The summed E-state index contributed by atoms with van der Waals surface area (Å²) in [4.78, 5) is 7.98. The van der Waals surface area contributed by atoms with Crippen LogP contribution in [0.3, 0.4) is 0 Å². The number of hydrogen-bond acceptors (Lipinski definition) is 5. The van der Waals surface area contributed by atoms with Crippen molar-refractivity contribution in [3.05, 3.63) is 46.9 Å². The fraction of sp³-hybridized carbons (Fsp3) is 0.375. The molecule has 1 aliphatic carbocycles. The predicted octanol–water partition coefficient (Wildman–Crippen LogP) is 3.00. The van der Waals surface area contributed by atoms with Crippen LogP contribution in [0.1, 0.15) is 28.8 Å². The van der Waals surface area contributed by atoms with E-state index in [1.807, 2.05) is 0 Å². The minimum absolute atomic E-state index is 0.0376. The van der Waals surface area contributed by atoms with Gasteiger partial charge in [-0.25, -0.2) is 18.4 Å². The first kappa shape index (κ1) is 17.7. The number of aromatic nitrogens is 2. The molecule has 1 heterocycles. The molecule has 0 bridgehead atoms. The molecule has 0 aliphatic heterocycles. The van der Waals surface area contributed by atoms with Crippen LogP contribution in [0.4, 0.5) is 19.0 Å². The van der Waals surface area contributed by atoms with Crippen molar-refractivity contribution in [3.63, 3.8) is 0 Å². The summed E-state index contributed by atoms with van der Waals surface area (Å²) in [6.45, 7) is 0.0376. The minimum Gasteiger partial charge on any atom is -0.366 e. The molecule has 134 valence electrons. The van der Waals surface area contributed by atoms with Crippen molar-refractivity contribution in [1.29, 1.82) is 0 Å². The van der Waals surface area contributed by atoms with Gasteiger partial charge in [-0.3, -0.25) is 0 Å². The number of nitrogens with one attached hydrogen (secondary N) is 1. The van der Waals surface area contributed by atoms with Gasteiger partial charge in [0.2, 0.25) is 0 Å². The Bertz CT molecular complexity index is 911. The van der Waals surface area contributed by atoms with Gasteiger partial charge < -0.3 is 5.32 Å². The van der Waals surface area contributed by atoms with Gasteiger partial charge in [-0.05, 0) is 43.0 Å². The van der Waals surface area contributed by atoms with Crippen LogP contribution in [0.5, 0.6) is 0 Å². The lowest BCUT2D eigenvalue weighted by molar-refractivity contribution is -0.137. The van der Waals surface area contributed by atoms with Crippen LogP contribution in [-0.4, -0.2) is 24.6 Å². The van der Waals surface area contributed by atoms with Crippen molar-refractivity contribution in [1.82, 2.24) is 9.97 Å². The molecule has 1 aromatic heterocycles. The van der Waals surface area contributed by atoms with Gasteiger partial charge in [0.15, 0.2) is 9.84 Å². The Kier molecular flexibility index (Phi) is 4.44. The second-order valence-corrected chi connectivity index (χ2v) is 8.01. The van der Waals surface area contributed by atoms with E-state index < -0.39 is 21.6 Å². The Morgan fingerprint density at radius 2 is 1.92 bits per heavy atom. The van der Waals surface area contributed by atoms with E-state index in [1.165, 1.54) is 12.4 Å². The molecule has 25 heavy (non-hydrogen) atoms. The first-order chi connectivity index (χ1) is 11.6. The fourth-order valence-corrected chi connectivity index (χ4v) is 3.54. The van der Waals surface area contributed by atoms with Gasteiger partial charge in [-0.2, -0.15) is 13.2 Å². The van der Waals surface area contributed by atoms with Gasteiger partial charge in [-0.1, -0.05) is 0 Å². The lowest BCUT2D eigenvalue weighted by Crippen LogP contribution is -2.11. The van der Waals surface area contributed by atoms with Crippen molar-refractivity contribution in [2.45, 2.75) is 36.9 Å². The molecule has 0 spiro atoms. The predicted molar refractivity (Wildman–Crippen MR) is 85.9 cm³/mol. The number of aryl methyl sites for hydroxylation is 1. The van der Waals surface area contributed by atoms with Crippen molar-refractivity contribution in [2.24, 2.45) is 0 Å². The van der Waals surface area contributed by atoms with Gasteiger partial charge >= 0.3 is 6.18 Å². The highest BCUT2D eigenvalue weighted by atomic mass is 32.2. The van der Waals surface area contributed by atoms with E-state index in [1.54, 1.807) is 0 Å². The number of sulfone groups is 1. The van der Waals surface area contributed by atoms with E-state index in [2.05, 4.69) is 15.3 Å². The monoisotopic (exact) mass is 371 g/mol. The van der Waals surface area contributed by atoms with Crippen molar-refractivity contribution < 1.29 is 21.6 Å². The second-order valence-electron chi connectivity index (χ2n) is 5.99. The molecule has 1 aromatic carbocycles. The molecular weight excluding hydrogens is 355 g/mol. The zero-order valence-electron chi connectivity index (χ0n) is 13.4. The average molecular weight is 371 g/mol. The number of anilines is 1. The summed E-state index contributed by atoms with van der Waals surface area (Å²) in [5.74, 6) is 0.584.